The number of likely N-dealkylation sites (tertiary alicyclic amines) is 1. The molecule has 0 radical (unpaired) electrons. The summed E-state index contributed by atoms with van der Waals surface area (Å²) in [5.74, 6) is 0.906. The molecule has 1 saturated heterocycles. The van der Waals surface area contributed by atoms with Gasteiger partial charge in [-0.3, -0.25) is 9.79 Å². The van der Waals surface area contributed by atoms with Crippen molar-refractivity contribution >= 4 is 35.8 Å². The summed E-state index contributed by atoms with van der Waals surface area (Å²) in [7, 11) is 3.37. The number of nitrogens with one attached hydrogen (secondary N) is 2. The van der Waals surface area contributed by atoms with E-state index in [0.29, 0.717) is 18.2 Å². The van der Waals surface area contributed by atoms with Crippen LogP contribution in [0.1, 0.15) is 42.1 Å². The fraction of sp³-hybridized carbons (Fsp3) is 0.636. The number of carbonyl (C=O) groups excluding carboxylic acids is 1. The molecule has 1 aliphatic rings. The number of carbonyl (C=O) groups is 1. The van der Waals surface area contributed by atoms with E-state index >= 15 is 0 Å². The van der Waals surface area contributed by atoms with Crippen LogP contribution in [0.15, 0.2) is 29.3 Å². The first kappa shape index (κ1) is 26.6. The summed E-state index contributed by atoms with van der Waals surface area (Å²) in [5, 5.41) is 6.07. The van der Waals surface area contributed by atoms with Gasteiger partial charge in [-0.2, -0.15) is 0 Å². The Morgan fingerprint density at radius 3 is 2.70 bits per heavy atom. The number of rotatable bonds is 10. The average Bonchev–Trinajstić information content (AvgIpc) is 2.76. The predicted octanol–water partition coefficient (Wildman–Crippen LogP) is 2.69. The number of halogens is 1. The lowest BCUT2D eigenvalue weighted by atomic mass is 10.1. The number of benzene rings is 1. The summed E-state index contributed by atoms with van der Waals surface area (Å²) in [6.07, 6.45) is 4.12. The number of methoxy groups -OCH3 is 1. The molecule has 1 aromatic carbocycles. The van der Waals surface area contributed by atoms with Crippen LogP contribution in [0.5, 0.6) is 0 Å². The Morgan fingerprint density at radius 1 is 1.27 bits per heavy atom. The molecule has 0 atom stereocenters. The van der Waals surface area contributed by atoms with Gasteiger partial charge < -0.3 is 25.0 Å². The fourth-order valence-electron chi connectivity index (χ4n) is 3.42. The Hall–Kier alpha value is -1.39. The van der Waals surface area contributed by atoms with Crippen molar-refractivity contribution in [2.75, 3.05) is 53.6 Å². The first-order valence-corrected chi connectivity index (χ1v) is 10.6. The second-order valence-electron chi connectivity index (χ2n) is 7.17. The minimum atomic E-state index is -0.0593. The van der Waals surface area contributed by atoms with Crippen LogP contribution in [-0.2, 0) is 15.9 Å². The van der Waals surface area contributed by atoms with Crippen molar-refractivity contribution in [3.8, 4) is 0 Å². The second kappa shape index (κ2) is 15.4. The molecule has 1 aliphatic heterocycles. The smallest absolute Gasteiger partial charge is 0.251 e. The Balaban J connectivity index is 0.00000450. The highest BCUT2D eigenvalue weighted by Crippen LogP contribution is 2.14. The molecular formula is C22H37IN4O3. The first-order chi connectivity index (χ1) is 14.2. The van der Waals surface area contributed by atoms with Crippen LogP contribution in [0.4, 0.5) is 0 Å². The van der Waals surface area contributed by atoms with Crippen molar-refractivity contribution in [1.29, 1.82) is 0 Å². The largest absolute Gasteiger partial charge is 0.385 e. The highest BCUT2D eigenvalue weighted by molar-refractivity contribution is 14.0. The zero-order valence-electron chi connectivity index (χ0n) is 18.5. The Labute approximate surface area is 198 Å². The van der Waals surface area contributed by atoms with Crippen LogP contribution < -0.4 is 10.6 Å². The van der Waals surface area contributed by atoms with E-state index in [9.17, 15) is 4.79 Å². The van der Waals surface area contributed by atoms with Crippen molar-refractivity contribution in [3.05, 3.63) is 35.4 Å². The van der Waals surface area contributed by atoms with E-state index in [0.717, 1.165) is 70.1 Å². The standard InChI is InChI=1S/C22H36N4O3.HI/c1-4-24-22(26-13-10-20(11-14-26)29-16-6-15-28-3)25-12-9-18-7-5-8-19(17-18)21(27)23-2;/h5,7-8,17,20H,4,6,9-16H2,1-3H3,(H,23,27)(H,24,25);1H. The maximum atomic E-state index is 11.8. The van der Waals surface area contributed by atoms with Crippen LogP contribution >= 0.6 is 24.0 Å². The molecular weight excluding hydrogens is 495 g/mol. The molecule has 2 rings (SSSR count). The first-order valence-electron chi connectivity index (χ1n) is 10.6. The Bertz CT molecular complexity index is 649. The van der Waals surface area contributed by atoms with Gasteiger partial charge >= 0.3 is 0 Å². The van der Waals surface area contributed by atoms with Gasteiger partial charge in [0.1, 0.15) is 0 Å². The van der Waals surface area contributed by atoms with E-state index in [1.165, 1.54) is 0 Å². The van der Waals surface area contributed by atoms with Gasteiger partial charge in [-0.15, -0.1) is 24.0 Å². The topological polar surface area (TPSA) is 75.2 Å². The summed E-state index contributed by atoms with van der Waals surface area (Å²) in [4.78, 5) is 18.9. The van der Waals surface area contributed by atoms with E-state index in [4.69, 9.17) is 14.5 Å². The summed E-state index contributed by atoms with van der Waals surface area (Å²) in [6, 6.07) is 7.73. The van der Waals surface area contributed by atoms with Crippen molar-refractivity contribution in [3.63, 3.8) is 0 Å². The lowest BCUT2D eigenvalue weighted by Gasteiger charge is -2.34. The highest BCUT2D eigenvalue weighted by atomic mass is 127. The van der Waals surface area contributed by atoms with Crippen LogP contribution in [0.3, 0.4) is 0 Å². The number of piperidine rings is 1. The number of hydrogen-bond acceptors (Lipinski definition) is 4. The fourth-order valence-corrected chi connectivity index (χ4v) is 3.42. The molecule has 1 fully saturated rings. The van der Waals surface area contributed by atoms with Gasteiger partial charge in [0.05, 0.1) is 6.10 Å². The van der Waals surface area contributed by atoms with Crippen LogP contribution in [0.25, 0.3) is 0 Å². The average molecular weight is 532 g/mol. The minimum absolute atomic E-state index is 0. The van der Waals surface area contributed by atoms with E-state index < -0.39 is 0 Å². The predicted molar refractivity (Wildman–Crippen MR) is 132 cm³/mol. The molecule has 170 valence electrons. The van der Waals surface area contributed by atoms with Crippen molar-refractivity contribution < 1.29 is 14.3 Å². The lowest BCUT2D eigenvalue weighted by molar-refractivity contribution is 0.00990. The molecule has 0 aliphatic carbocycles. The van der Waals surface area contributed by atoms with Crippen LogP contribution in [-0.4, -0.2) is 76.4 Å². The van der Waals surface area contributed by atoms with Gasteiger partial charge in [0.15, 0.2) is 5.96 Å². The molecule has 0 unspecified atom stereocenters. The molecule has 1 aromatic rings. The normalized spacial score (nSPS) is 14.9. The van der Waals surface area contributed by atoms with Crippen LogP contribution in [0, 0.1) is 0 Å². The monoisotopic (exact) mass is 532 g/mol. The highest BCUT2D eigenvalue weighted by Gasteiger charge is 2.21. The zero-order valence-corrected chi connectivity index (χ0v) is 20.8. The Kier molecular flexibility index (Phi) is 13.7. The minimum Gasteiger partial charge on any atom is -0.385 e. The van der Waals surface area contributed by atoms with Crippen molar-refractivity contribution in [1.82, 2.24) is 15.5 Å². The maximum Gasteiger partial charge on any atom is 0.251 e. The molecule has 8 heteroatoms. The summed E-state index contributed by atoms with van der Waals surface area (Å²) in [5.41, 5.74) is 1.81. The summed E-state index contributed by atoms with van der Waals surface area (Å²) < 4.78 is 11.0. The summed E-state index contributed by atoms with van der Waals surface area (Å²) in [6.45, 7) is 7.04. The molecule has 0 aromatic heterocycles. The van der Waals surface area contributed by atoms with E-state index in [1.54, 1.807) is 14.2 Å². The van der Waals surface area contributed by atoms with E-state index in [-0.39, 0.29) is 29.9 Å². The number of guanidine groups is 1. The molecule has 30 heavy (non-hydrogen) atoms. The van der Waals surface area contributed by atoms with Gasteiger partial charge in [-0.05, 0) is 50.3 Å². The molecule has 0 saturated carbocycles. The third kappa shape index (κ3) is 9.18. The number of ether oxygens (including phenoxy) is 2. The van der Waals surface area contributed by atoms with Crippen molar-refractivity contribution in [2.45, 2.75) is 38.7 Å². The van der Waals surface area contributed by atoms with Gasteiger partial charge in [-0.1, -0.05) is 12.1 Å². The molecule has 7 nitrogen and oxygen atoms in total. The molecule has 1 amide bonds. The quantitative estimate of drug-likeness (QED) is 0.210. The van der Waals surface area contributed by atoms with Crippen molar-refractivity contribution in [2.24, 2.45) is 4.99 Å². The SMILES string of the molecule is CCNC(=NCCc1cccc(C(=O)NC)c1)N1CCC(OCCCOC)CC1.I. The third-order valence-corrected chi connectivity index (χ3v) is 5.00. The van der Waals surface area contributed by atoms with Gasteiger partial charge in [0.2, 0.25) is 0 Å². The van der Waals surface area contributed by atoms with Gasteiger partial charge in [0.25, 0.3) is 5.91 Å². The second-order valence-corrected chi connectivity index (χ2v) is 7.17. The zero-order chi connectivity index (χ0) is 20.9. The van der Waals surface area contributed by atoms with Gasteiger partial charge in [-0.25, -0.2) is 0 Å². The van der Waals surface area contributed by atoms with Gasteiger partial charge in [0, 0.05) is 59.1 Å². The molecule has 2 N–H and O–H groups in total. The maximum absolute atomic E-state index is 11.8. The molecule has 0 bridgehead atoms. The lowest BCUT2D eigenvalue weighted by Crippen LogP contribution is -2.47. The number of nitrogens with zero attached hydrogens (tertiary/aromatic N) is 2. The Morgan fingerprint density at radius 2 is 2.03 bits per heavy atom. The molecule has 1 heterocycles. The third-order valence-electron chi connectivity index (χ3n) is 5.00. The number of hydrogen-bond donors (Lipinski definition) is 2. The number of amides is 1. The van der Waals surface area contributed by atoms with E-state index in [1.807, 2.05) is 24.3 Å². The van der Waals surface area contributed by atoms with E-state index in [2.05, 4.69) is 22.5 Å². The summed E-state index contributed by atoms with van der Waals surface area (Å²) >= 11 is 0. The number of aliphatic imine (C=N–C) groups is 1. The molecule has 0 spiro atoms. The van der Waals surface area contributed by atoms with Crippen LogP contribution in [0.2, 0.25) is 0 Å².